The second kappa shape index (κ2) is 10.9. The summed E-state index contributed by atoms with van der Waals surface area (Å²) in [4.78, 5) is 40.3. The Morgan fingerprint density at radius 2 is 2.03 bits per heavy atom. The van der Waals surface area contributed by atoms with Crippen LogP contribution in [0.3, 0.4) is 0 Å². The molecule has 0 radical (unpaired) electrons. The molecular formula is C22H20Br2N4O6. The van der Waals surface area contributed by atoms with E-state index in [-0.39, 0.29) is 27.6 Å². The van der Waals surface area contributed by atoms with Gasteiger partial charge in [-0.2, -0.15) is 9.78 Å². The summed E-state index contributed by atoms with van der Waals surface area (Å²) in [5, 5.41) is 16.3. The van der Waals surface area contributed by atoms with E-state index in [0.29, 0.717) is 28.7 Å². The number of hydrogen-bond acceptors (Lipinski definition) is 8. The molecule has 0 bridgehead atoms. The fourth-order valence-electron chi connectivity index (χ4n) is 3.05. The van der Waals surface area contributed by atoms with Crippen molar-refractivity contribution < 1.29 is 19.2 Å². The molecule has 34 heavy (non-hydrogen) atoms. The van der Waals surface area contributed by atoms with Crippen molar-refractivity contribution in [2.75, 3.05) is 6.61 Å². The fourth-order valence-corrected chi connectivity index (χ4v) is 3.99. The van der Waals surface area contributed by atoms with Gasteiger partial charge in [0.2, 0.25) is 5.75 Å². The normalized spacial score (nSPS) is 11.4. The summed E-state index contributed by atoms with van der Waals surface area (Å²) in [5.41, 5.74) is 0.139. The molecule has 0 spiro atoms. The number of carbonyl (C=O) groups excluding carboxylic acids is 1. The molecule has 0 amide bonds. The first-order valence-electron chi connectivity index (χ1n) is 10.2. The van der Waals surface area contributed by atoms with Crippen LogP contribution in [-0.4, -0.2) is 39.5 Å². The molecule has 3 rings (SSSR count). The number of aryl methyl sites for hydroxylation is 1. The summed E-state index contributed by atoms with van der Waals surface area (Å²) in [6.45, 7) is 4.72. The second-order valence-corrected chi connectivity index (χ2v) is 9.11. The Labute approximate surface area is 211 Å². The minimum Gasteiger partial charge on any atom is -0.474 e. The molecule has 0 unspecified atom stereocenters. The first-order valence-corrected chi connectivity index (χ1v) is 11.7. The number of nitrogens with zero attached hydrogens (tertiary/aromatic N) is 4. The van der Waals surface area contributed by atoms with Gasteiger partial charge in [0.15, 0.2) is 6.61 Å². The van der Waals surface area contributed by atoms with Gasteiger partial charge < -0.3 is 9.47 Å². The third-order valence-corrected chi connectivity index (χ3v) is 5.54. The number of aromatic nitrogens is 2. The van der Waals surface area contributed by atoms with E-state index in [0.717, 1.165) is 4.47 Å². The Hall–Kier alpha value is -3.12. The summed E-state index contributed by atoms with van der Waals surface area (Å²) in [5.74, 6) is -0.330. The molecule has 1 aromatic heterocycles. The summed E-state index contributed by atoms with van der Waals surface area (Å²) < 4.78 is 12.5. The average molecular weight is 596 g/mol. The first-order chi connectivity index (χ1) is 16.1. The van der Waals surface area contributed by atoms with Crippen LogP contribution in [0.1, 0.15) is 32.2 Å². The third-order valence-electron chi connectivity index (χ3n) is 4.46. The summed E-state index contributed by atoms with van der Waals surface area (Å²) in [7, 11) is 0. The third kappa shape index (κ3) is 5.86. The van der Waals surface area contributed by atoms with Crippen molar-refractivity contribution in [1.29, 1.82) is 0 Å². The lowest BCUT2D eigenvalue weighted by molar-refractivity contribution is -0.385. The van der Waals surface area contributed by atoms with Crippen LogP contribution in [0.15, 0.2) is 49.2 Å². The van der Waals surface area contributed by atoms with Gasteiger partial charge in [0.1, 0.15) is 5.82 Å². The molecule has 12 heteroatoms. The molecule has 0 saturated carbocycles. The predicted molar refractivity (Wildman–Crippen MR) is 134 cm³/mol. The lowest BCUT2D eigenvalue weighted by Gasteiger charge is -2.11. The van der Waals surface area contributed by atoms with Crippen molar-refractivity contribution in [3.63, 3.8) is 0 Å². The number of benzene rings is 2. The van der Waals surface area contributed by atoms with Gasteiger partial charge in [-0.3, -0.25) is 14.9 Å². The van der Waals surface area contributed by atoms with Gasteiger partial charge in [-0.15, -0.1) is 0 Å². The van der Waals surface area contributed by atoms with E-state index >= 15 is 0 Å². The maximum atomic E-state index is 13.0. The summed E-state index contributed by atoms with van der Waals surface area (Å²) >= 11 is 6.59. The largest absolute Gasteiger partial charge is 0.474 e. The molecule has 0 fully saturated rings. The molecule has 0 aliphatic heterocycles. The maximum Gasteiger partial charge on any atom is 0.344 e. The molecule has 0 saturated heterocycles. The predicted octanol–water partition coefficient (Wildman–Crippen LogP) is 4.60. The van der Waals surface area contributed by atoms with Crippen LogP contribution in [0.2, 0.25) is 0 Å². The molecular weight excluding hydrogens is 576 g/mol. The van der Waals surface area contributed by atoms with Gasteiger partial charge in [-0.1, -0.05) is 22.9 Å². The lowest BCUT2D eigenvalue weighted by Crippen LogP contribution is -2.22. The van der Waals surface area contributed by atoms with Crippen molar-refractivity contribution in [3.8, 4) is 5.75 Å². The van der Waals surface area contributed by atoms with E-state index < -0.39 is 17.5 Å². The topological polar surface area (TPSA) is 126 Å². The Balaban J connectivity index is 1.98. The quantitative estimate of drug-likeness (QED) is 0.161. The molecule has 2 aromatic carbocycles. The highest BCUT2D eigenvalue weighted by Gasteiger charge is 2.22. The van der Waals surface area contributed by atoms with Crippen LogP contribution >= 0.6 is 31.9 Å². The van der Waals surface area contributed by atoms with Gasteiger partial charge in [0.25, 0.3) is 5.56 Å². The number of fused-ring (bicyclic) bond motifs is 1. The zero-order valence-corrected chi connectivity index (χ0v) is 21.6. The number of carbonyl (C=O) groups is 1. The van der Waals surface area contributed by atoms with Crippen LogP contribution < -0.4 is 10.3 Å². The standard InChI is InChI=1S/C22H20Br2N4O6/c1-4-19-26-17-6-5-14(23)9-15(17)22(30)27(19)25-10-13-7-16(24)21(18(8-13)28(31)32)33-11-20(29)34-12(2)3/h5-10,12H,4,11H2,1-3H3. The zero-order valence-electron chi connectivity index (χ0n) is 18.4. The van der Waals surface area contributed by atoms with E-state index in [1.165, 1.54) is 23.0 Å². The van der Waals surface area contributed by atoms with E-state index in [2.05, 4.69) is 41.9 Å². The van der Waals surface area contributed by atoms with Crippen molar-refractivity contribution >= 4 is 60.6 Å². The highest BCUT2D eigenvalue weighted by molar-refractivity contribution is 9.10. The molecule has 0 N–H and O–H groups in total. The van der Waals surface area contributed by atoms with Crippen LogP contribution in [0.4, 0.5) is 5.69 Å². The van der Waals surface area contributed by atoms with Crippen LogP contribution in [-0.2, 0) is 16.0 Å². The number of ether oxygens (including phenoxy) is 2. The number of nitro benzene ring substituents is 1. The Bertz CT molecular complexity index is 1350. The van der Waals surface area contributed by atoms with E-state index in [1.807, 2.05) is 6.92 Å². The Morgan fingerprint density at radius 3 is 2.68 bits per heavy atom. The summed E-state index contributed by atoms with van der Waals surface area (Å²) in [6.07, 6.45) is 1.43. The average Bonchev–Trinajstić information content (AvgIpc) is 2.77. The second-order valence-electron chi connectivity index (χ2n) is 7.34. The minimum atomic E-state index is -0.649. The molecule has 1 heterocycles. The van der Waals surface area contributed by atoms with Crippen molar-refractivity contribution in [1.82, 2.24) is 9.66 Å². The number of nitro groups is 1. The van der Waals surface area contributed by atoms with Gasteiger partial charge in [-0.05, 0) is 54.0 Å². The Morgan fingerprint density at radius 1 is 1.29 bits per heavy atom. The number of esters is 1. The number of rotatable bonds is 8. The van der Waals surface area contributed by atoms with Crippen molar-refractivity contribution in [3.05, 3.63) is 71.1 Å². The molecule has 0 aliphatic rings. The highest BCUT2D eigenvalue weighted by atomic mass is 79.9. The van der Waals surface area contributed by atoms with E-state index in [9.17, 15) is 19.7 Å². The van der Waals surface area contributed by atoms with E-state index in [1.54, 1.807) is 32.0 Å². The monoisotopic (exact) mass is 594 g/mol. The summed E-state index contributed by atoms with van der Waals surface area (Å²) in [6, 6.07) is 7.96. The van der Waals surface area contributed by atoms with Gasteiger partial charge in [0.05, 0.1) is 32.6 Å². The molecule has 0 aliphatic carbocycles. The fraction of sp³-hybridized carbons (Fsp3) is 0.273. The first kappa shape index (κ1) is 25.5. The van der Waals surface area contributed by atoms with Crippen molar-refractivity contribution in [2.24, 2.45) is 5.10 Å². The highest BCUT2D eigenvalue weighted by Crippen LogP contribution is 2.36. The molecule has 3 aromatic rings. The smallest absolute Gasteiger partial charge is 0.344 e. The van der Waals surface area contributed by atoms with Gasteiger partial charge >= 0.3 is 11.7 Å². The minimum absolute atomic E-state index is 0.119. The van der Waals surface area contributed by atoms with Gasteiger partial charge in [0, 0.05) is 22.5 Å². The van der Waals surface area contributed by atoms with Crippen molar-refractivity contribution in [2.45, 2.75) is 33.3 Å². The molecule has 0 atom stereocenters. The van der Waals surface area contributed by atoms with Crippen LogP contribution in [0.5, 0.6) is 5.75 Å². The Kier molecular flexibility index (Phi) is 8.15. The zero-order chi connectivity index (χ0) is 25.0. The molecule has 178 valence electrons. The van der Waals surface area contributed by atoms with E-state index in [4.69, 9.17) is 9.47 Å². The number of halogens is 2. The SMILES string of the molecule is CCc1nc2ccc(Br)cc2c(=O)n1N=Cc1cc(Br)c(OCC(=O)OC(C)C)c([N+](=O)[O-])c1. The van der Waals surface area contributed by atoms with Gasteiger partial charge in [-0.25, -0.2) is 9.78 Å². The van der Waals surface area contributed by atoms with Crippen LogP contribution in [0, 0.1) is 10.1 Å². The maximum absolute atomic E-state index is 13.0. The van der Waals surface area contributed by atoms with Crippen LogP contribution in [0.25, 0.3) is 10.9 Å². The molecule has 10 nitrogen and oxygen atoms in total. The number of hydrogen-bond donors (Lipinski definition) is 0. The lowest BCUT2D eigenvalue weighted by atomic mass is 10.2.